The van der Waals surface area contributed by atoms with E-state index >= 15 is 0 Å². The van der Waals surface area contributed by atoms with Crippen LogP contribution in [0.5, 0.6) is 0 Å². The number of para-hydroxylation sites is 1. The summed E-state index contributed by atoms with van der Waals surface area (Å²) in [6.07, 6.45) is 0. The van der Waals surface area contributed by atoms with E-state index in [1.165, 1.54) is 43.4 Å². The summed E-state index contributed by atoms with van der Waals surface area (Å²) >= 11 is 1.74. The molecule has 0 aliphatic carbocycles. The second-order valence-corrected chi connectivity index (χ2v) is 10.6. The van der Waals surface area contributed by atoms with Crippen molar-refractivity contribution >= 4 is 86.8 Å². The normalized spacial score (nSPS) is 12.3. The molecule has 0 unspecified atom stereocenters. The molecule has 0 aliphatic rings. The van der Waals surface area contributed by atoms with Crippen LogP contribution < -0.4 is 0 Å². The second-order valence-electron chi connectivity index (χ2n) is 9.65. The van der Waals surface area contributed by atoms with Gasteiger partial charge in [-0.05, 0) is 64.0 Å². The first kappa shape index (κ1) is 19.5. The standard InChI is InChI=1S/C33H18N2OS/c1-3-9-21-17-27-24(15-19(21)7-1)25-16-20-8-2-4-10-22(20)18-28(25)35(27)33-34-26-13-14-30-31(32(26)37-33)23-11-5-6-12-29(23)36-30/h1-18H. The van der Waals surface area contributed by atoms with Crippen molar-refractivity contribution < 1.29 is 4.42 Å². The summed E-state index contributed by atoms with van der Waals surface area (Å²) in [5, 5.41) is 10.7. The fourth-order valence-electron chi connectivity index (χ4n) is 5.87. The molecule has 0 atom stereocenters. The number of fused-ring (bicyclic) bond motifs is 10. The van der Waals surface area contributed by atoms with Gasteiger partial charge >= 0.3 is 0 Å². The van der Waals surface area contributed by atoms with Gasteiger partial charge in [0.1, 0.15) is 11.2 Å². The van der Waals surface area contributed by atoms with Crippen molar-refractivity contribution in [3.63, 3.8) is 0 Å². The zero-order valence-corrected chi connectivity index (χ0v) is 20.4. The number of thiazole rings is 1. The Labute approximate surface area is 214 Å². The molecule has 0 bridgehead atoms. The Morgan fingerprint density at radius 1 is 0.568 bits per heavy atom. The molecule has 0 saturated heterocycles. The maximum absolute atomic E-state index is 6.17. The number of nitrogens with zero attached hydrogens (tertiary/aromatic N) is 2. The molecule has 0 radical (unpaired) electrons. The molecule has 0 amide bonds. The van der Waals surface area contributed by atoms with E-state index in [9.17, 15) is 0 Å². The van der Waals surface area contributed by atoms with Gasteiger partial charge < -0.3 is 4.42 Å². The van der Waals surface area contributed by atoms with Gasteiger partial charge in [-0.2, -0.15) is 0 Å². The molecule has 0 fully saturated rings. The lowest BCUT2D eigenvalue weighted by Gasteiger charge is -2.05. The van der Waals surface area contributed by atoms with E-state index in [0.717, 1.165) is 37.3 Å². The second kappa shape index (κ2) is 6.96. The molecule has 4 heteroatoms. The summed E-state index contributed by atoms with van der Waals surface area (Å²) in [6.45, 7) is 0. The van der Waals surface area contributed by atoms with Crippen molar-refractivity contribution in [2.75, 3.05) is 0 Å². The van der Waals surface area contributed by atoms with Gasteiger partial charge in [0.25, 0.3) is 0 Å². The first-order valence-corrected chi connectivity index (χ1v) is 13.2. The van der Waals surface area contributed by atoms with Gasteiger partial charge in [0.2, 0.25) is 0 Å². The van der Waals surface area contributed by atoms with Crippen LogP contribution in [0.1, 0.15) is 0 Å². The van der Waals surface area contributed by atoms with E-state index < -0.39 is 0 Å². The molecule has 0 N–H and O–H groups in total. The molecule has 9 rings (SSSR count). The minimum absolute atomic E-state index is 0.906. The van der Waals surface area contributed by atoms with Crippen LogP contribution in [0.25, 0.3) is 80.6 Å². The van der Waals surface area contributed by atoms with Crippen molar-refractivity contribution in [2.45, 2.75) is 0 Å². The van der Waals surface area contributed by atoms with Crippen LogP contribution in [0.4, 0.5) is 0 Å². The highest BCUT2D eigenvalue weighted by Gasteiger charge is 2.19. The fraction of sp³-hybridized carbons (Fsp3) is 0. The Bertz CT molecular complexity index is 2280. The lowest BCUT2D eigenvalue weighted by atomic mass is 10.0. The van der Waals surface area contributed by atoms with Crippen LogP contribution in [0.3, 0.4) is 0 Å². The van der Waals surface area contributed by atoms with Crippen molar-refractivity contribution in [2.24, 2.45) is 0 Å². The summed E-state index contributed by atoms with van der Waals surface area (Å²) in [5.41, 5.74) is 5.17. The molecule has 3 nitrogen and oxygen atoms in total. The molecule has 37 heavy (non-hydrogen) atoms. The van der Waals surface area contributed by atoms with Crippen LogP contribution >= 0.6 is 11.3 Å². The molecule has 3 aromatic heterocycles. The van der Waals surface area contributed by atoms with E-state index in [1.807, 2.05) is 18.2 Å². The van der Waals surface area contributed by atoms with Crippen LogP contribution in [-0.4, -0.2) is 9.55 Å². The first-order chi connectivity index (χ1) is 18.3. The van der Waals surface area contributed by atoms with E-state index in [1.54, 1.807) is 11.3 Å². The first-order valence-electron chi connectivity index (χ1n) is 12.4. The zero-order valence-electron chi connectivity index (χ0n) is 19.6. The Balaban J connectivity index is 1.45. The fourth-order valence-corrected chi connectivity index (χ4v) is 7.02. The highest BCUT2D eigenvalue weighted by atomic mass is 32.1. The van der Waals surface area contributed by atoms with Gasteiger partial charge in [0, 0.05) is 21.5 Å². The topological polar surface area (TPSA) is 31.0 Å². The van der Waals surface area contributed by atoms with E-state index in [2.05, 4.69) is 95.6 Å². The van der Waals surface area contributed by atoms with Gasteiger partial charge in [-0.3, -0.25) is 4.57 Å². The molecular formula is C33H18N2OS. The summed E-state index contributed by atoms with van der Waals surface area (Å²) in [5.74, 6) is 0. The number of aromatic nitrogens is 2. The van der Waals surface area contributed by atoms with Crippen molar-refractivity contribution in [3.05, 3.63) is 109 Å². The average molecular weight is 491 g/mol. The van der Waals surface area contributed by atoms with E-state index in [0.29, 0.717) is 0 Å². The smallest absolute Gasteiger partial charge is 0.195 e. The summed E-state index contributed by atoms with van der Waals surface area (Å²) in [7, 11) is 0. The number of rotatable bonds is 1. The minimum Gasteiger partial charge on any atom is -0.456 e. The minimum atomic E-state index is 0.906. The summed E-state index contributed by atoms with van der Waals surface area (Å²) in [4.78, 5) is 5.19. The van der Waals surface area contributed by atoms with E-state index in [4.69, 9.17) is 9.40 Å². The van der Waals surface area contributed by atoms with Crippen molar-refractivity contribution in [1.82, 2.24) is 9.55 Å². The molecule has 9 aromatic rings. The Morgan fingerprint density at radius 2 is 1.16 bits per heavy atom. The van der Waals surface area contributed by atoms with Gasteiger partial charge in [0.05, 0.1) is 21.3 Å². The molecule has 0 aliphatic heterocycles. The maximum atomic E-state index is 6.17. The Kier molecular flexibility index (Phi) is 3.67. The molecular weight excluding hydrogens is 472 g/mol. The zero-order chi connectivity index (χ0) is 24.1. The lowest BCUT2D eigenvalue weighted by Crippen LogP contribution is -1.92. The number of benzene rings is 6. The van der Waals surface area contributed by atoms with Gasteiger partial charge in [-0.15, -0.1) is 0 Å². The van der Waals surface area contributed by atoms with Crippen molar-refractivity contribution in [3.8, 4) is 5.13 Å². The van der Waals surface area contributed by atoms with E-state index in [-0.39, 0.29) is 0 Å². The summed E-state index contributed by atoms with van der Waals surface area (Å²) in [6, 6.07) is 38.9. The van der Waals surface area contributed by atoms with Gasteiger partial charge in [-0.1, -0.05) is 78.1 Å². The molecule has 3 heterocycles. The van der Waals surface area contributed by atoms with Gasteiger partial charge in [0.15, 0.2) is 5.13 Å². The molecule has 0 spiro atoms. The third kappa shape index (κ3) is 2.62. The largest absolute Gasteiger partial charge is 0.456 e. The number of hydrogen-bond donors (Lipinski definition) is 0. The van der Waals surface area contributed by atoms with Crippen LogP contribution in [0.2, 0.25) is 0 Å². The Hall–Kier alpha value is -4.67. The van der Waals surface area contributed by atoms with Crippen molar-refractivity contribution in [1.29, 1.82) is 0 Å². The number of furan rings is 1. The number of hydrogen-bond acceptors (Lipinski definition) is 3. The predicted molar refractivity (Wildman–Crippen MR) is 156 cm³/mol. The van der Waals surface area contributed by atoms with Gasteiger partial charge in [-0.25, -0.2) is 4.98 Å². The SMILES string of the molecule is c1ccc2cc3c(cc2c1)c1cc2ccccc2cc1n3-c1nc2ccc3oc4ccccc4c3c2s1. The third-order valence-electron chi connectivity index (χ3n) is 7.58. The Morgan fingerprint density at radius 3 is 1.84 bits per heavy atom. The monoisotopic (exact) mass is 490 g/mol. The predicted octanol–water partition coefficient (Wildman–Crippen LogP) is 9.60. The lowest BCUT2D eigenvalue weighted by molar-refractivity contribution is 0.669. The van der Waals surface area contributed by atoms with Crippen LogP contribution in [-0.2, 0) is 0 Å². The van der Waals surface area contributed by atoms with Crippen LogP contribution in [0, 0.1) is 0 Å². The third-order valence-corrected chi connectivity index (χ3v) is 8.65. The molecule has 172 valence electrons. The maximum Gasteiger partial charge on any atom is 0.195 e. The average Bonchev–Trinajstić information content (AvgIpc) is 3.61. The molecule has 0 saturated carbocycles. The van der Waals surface area contributed by atoms with Crippen LogP contribution in [0.15, 0.2) is 114 Å². The molecule has 6 aromatic carbocycles. The summed E-state index contributed by atoms with van der Waals surface area (Å²) < 4.78 is 9.68. The highest BCUT2D eigenvalue weighted by Crippen LogP contribution is 2.42. The quantitative estimate of drug-likeness (QED) is 0.229. The highest BCUT2D eigenvalue weighted by molar-refractivity contribution is 7.22.